The molecule has 6 heteroatoms. The molecule has 26 heavy (non-hydrogen) atoms. The van der Waals surface area contributed by atoms with Crippen LogP contribution >= 0.6 is 13.5 Å². The number of anilines is 1. The Labute approximate surface area is 160 Å². The highest BCUT2D eigenvalue weighted by atomic mass is 32.1. The second kappa shape index (κ2) is 8.76. The SMILES string of the molecule is C=C(C)NC1CC(=O)N(c2ccc(OCc3cccc(F)c3)cc2)C1.S. The number of rotatable bonds is 6. The van der Waals surface area contributed by atoms with Crippen LogP contribution in [0.4, 0.5) is 10.1 Å². The van der Waals surface area contributed by atoms with E-state index in [4.69, 9.17) is 4.74 Å². The van der Waals surface area contributed by atoms with Gasteiger partial charge in [-0.3, -0.25) is 4.79 Å². The predicted octanol–water partition coefficient (Wildman–Crippen LogP) is 3.75. The average Bonchev–Trinajstić information content (AvgIpc) is 2.93. The lowest BCUT2D eigenvalue weighted by atomic mass is 10.2. The molecule has 0 aromatic heterocycles. The van der Waals surface area contributed by atoms with Gasteiger partial charge < -0.3 is 15.0 Å². The number of carbonyl (C=O) groups excluding carboxylic acids is 1. The van der Waals surface area contributed by atoms with Crippen LogP contribution in [-0.2, 0) is 11.4 Å². The van der Waals surface area contributed by atoms with E-state index < -0.39 is 0 Å². The van der Waals surface area contributed by atoms with Gasteiger partial charge in [-0.05, 0) is 48.9 Å². The number of hydrogen-bond donors (Lipinski definition) is 1. The second-order valence-corrected chi connectivity index (χ2v) is 6.24. The van der Waals surface area contributed by atoms with Crippen molar-refractivity contribution in [3.05, 3.63) is 72.2 Å². The first kappa shape index (κ1) is 19.8. The molecule has 1 amide bonds. The van der Waals surface area contributed by atoms with Gasteiger partial charge in [-0.2, -0.15) is 13.5 Å². The molecule has 0 saturated carbocycles. The minimum absolute atomic E-state index is 0. The first-order chi connectivity index (χ1) is 12.0. The molecule has 4 nitrogen and oxygen atoms in total. The molecule has 1 heterocycles. The minimum atomic E-state index is -0.276. The van der Waals surface area contributed by atoms with E-state index >= 15 is 0 Å². The van der Waals surface area contributed by atoms with Crippen molar-refractivity contribution in [3.63, 3.8) is 0 Å². The molecule has 0 aliphatic carbocycles. The van der Waals surface area contributed by atoms with Crippen molar-refractivity contribution >= 4 is 25.1 Å². The van der Waals surface area contributed by atoms with Crippen molar-refractivity contribution in [1.82, 2.24) is 5.32 Å². The topological polar surface area (TPSA) is 41.6 Å². The monoisotopic (exact) mass is 374 g/mol. The van der Waals surface area contributed by atoms with Gasteiger partial charge in [0.05, 0.1) is 6.04 Å². The minimum Gasteiger partial charge on any atom is -0.489 e. The van der Waals surface area contributed by atoms with Crippen molar-refractivity contribution in [1.29, 1.82) is 0 Å². The summed E-state index contributed by atoms with van der Waals surface area (Å²) in [6.45, 7) is 6.63. The summed E-state index contributed by atoms with van der Waals surface area (Å²) in [4.78, 5) is 13.9. The van der Waals surface area contributed by atoms with Crippen LogP contribution in [0.25, 0.3) is 0 Å². The normalized spacial score (nSPS) is 16.2. The summed E-state index contributed by atoms with van der Waals surface area (Å²) in [5.74, 6) is 0.491. The number of amides is 1. The maximum atomic E-state index is 13.2. The van der Waals surface area contributed by atoms with Crippen molar-refractivity contribution in [2.45, 2.75) is 26.0 Å². The lowest BCUT2D eigenvalue weighted by Gasteiger charge is -2.18. The number of nitrogens with zero attached hydrogens (tertiary/aromatic N) is 1. The van der Waals surface area contributed by atoms with Gasteiger partial charge in [0.15, 0.2) is 0 Å². The van der Waals surface area contributed by atoms with Crippen LogP contribution in [0.15, 0.2) is 60.8 Å². The van der Waals surface area contributed by atoms with Gasteiger partial charge >= 0.3 is 0 Å². The number of benzene rings is 2. The molecule has 2 aromatic rings. The Morgan fingerprint density at radius 3 is 2.69 bits per heavy atom. The Kier molecular flexibility index (Phi) is 6.69. The number of allylic oxidation sites excluding steroid dienone is 1. The lowest BCUT2D eigenvalue weighted by Crippen LogP contribution is -2.31. The maximum absolute atomic E-state index is 13.2. The quantitative estimate of drug-likeness (QED) is 0.837. The van der Waals surface area contributed by atoms with Crippen LogP contribution in [0.3, 0.4) is 0 Å². The number of carbonyl (C=O) groups is 1. The van der Waals surface area contributed by atoms with Crippen molar-refractivity contribution < 1.29 is 13.9 Å². The summed E-state index contributed by atoms with van der Waals surface area (Å²) < 4.78 is 18.8. The van der Waals surface area contributed by atoms with Crippen LogP contribution in [0.1, 0.15) is 18.9 Å². The van der Waals surface area contributed by atoms with Crippen LogP contribution in [0, 0.1) is 5.82 Å². The molecule has 138 valence electrons. The predicted molar refractivity (Wildman–Crippen MR) is 106 cm³/mol. The second-order valence-electron chi connectivity index (χ2n) is 6.24. The molecule has 0 radical (unpaired) electrons. The molecule has 1 N–H and O–H groups in total. The third kappa shape index (κ3) is 5.02. The molecule has 1 fully saturated rings. The summed E-state index contributed by atoms with van der Waals surface area (Å²) in [7, 11) is 0. The van der Waals surface area contributed by atoms with Crippen molar-refractivity contribution in [3.8, 4) is 5.75 Å². The maximum Gasteiger partial charge on any atom is 0.229 e. The highest BCUT2D eigenvalue weighted by Crippen LogP contribution is 2.25. The summed E-state index contributed by atoms with van der Waals surface area (Å²) >= 11 is 0. The molecular formula is C20H23FN2O2S. The number of ether oxygens (including phenoxy) is 1. The summed E-state index contributed by atoms with van der Waals surface area (Å²) in [5.41, 5.74) is 2.47. The van der Waals surface area contributed by atoms with Crippen LogP contribution in [0.5, 0.6) is 5.75 Å². The van der Waals surface area contributed by atoms with Crippen molar-refractivity contribution in [2.75, 3.05) is 11.4 Å². The average molecular weight is 374 g/mol. The number of halogens is 1. The van der Waals surface area contributed by atoms with Gasteiger partial charge in [0, 0.05) is 24.4 Å². The molecule has 1 aliphatic heterocycles. The van der Waals surface area contributed by atoms with E-state index in [9.17, 15) is 9.18 Å². The number of nitrogens with one attached hydrogen (secondary N) is 1. The molecular weight excluding hydrogens is 351 g/mol. The van der Waals surface area contributed by atoms with Gasteiger partial charge in [-0.1, -0.05) is 18.7 Å². The van der Waals surface area contributed by atoms with E-state index in [0.717, 1.165) is 16.9 Å². The van der Waals surface area contributed by atoms with Gasteiger partial charge in [-0.25, -0.2) is 4.39 Å². The zero-order chi connectivity index (χ0) is 17.8. The largest absolute Gasteiger partial charge is 0.489 e. The highest BCUT2D eigenvalue weighted by Gasteiger charge is 2.30. The zero-order valence-corrected chi connectivity index (χ0v) is 15.7. The van der Waals surface area contributed by atoms with E-state index in [0.29, 0.717) is 25.3 Å². The molecule has 1 saturated heterocycles. The van der Waals surface area contributed by atoms with Gasteiger partial charge in [0.1, 0.15) is 18.2 Å². The first-order valence-electron chi connectivity index (χ1n) is 8.21. The Bertz CT molecular complexity index is 780. The van der Waals surface area contributed by atoms with Crippen molar-refractivity contribution in [2.24, 2.45) is 0 Å². The van der Waals surface area contributed by atoms with E-state index in [1.54, 1.807) is 11.0 Å². The van der Waals surface area contributed by atoms with E-state index in [-0.39, 0.29) is 31.3 Å². The van der Waals surface area contributed by atoms with Gasteiger partial charge in [0.2, 0.25) is 5.91 Å². The standard InChI is InChI=1S/C20H21FN2O2.H2S/c1-14(2)22-17-11-20(24)23(12-17)18-6-8-19(9-7-18)25-13-15-4-3-5-16(21)10-15;/h3-10,17,22H,1,11-13H2,2H3;1H2. The lowest BCUT2D eigenvalue weighted by molar-refractivity contribution is -0.117. The van der Waals surface area contributed by atoms with Crippen LogP contribution < -0.4 is 15.0 Å². The zero-order valence-electron chi connectivity index (χ0n) is 14.7. The highest BCUT2D eigenvalue weighted by molar-refractivity contribution is 7.59. The summed E-state index contributed by atoms with van der Waals surface area (Å²) in [6.07, 6.45) is 0.463. The first-order valence-corrected chi connectivity index (χ1v) is 8.21. The Morgan fingerprint density at radius 1 is 1.31 bits per heavy atom. The summed E-state index contributed by atoms with van der Waals surface area (Å²) in [5, 5.41) is 3.21. The Hall–Kier alpha value is -2.47. The molecule has 0 spiro atoms. The van der Waals surface area contributed by atoms with Gasteiger partial charge in [-0.15, -0.1) is 0 Å². The Morgan fingerprint density at radius 2 is 2.04 bits per heavy atom. The fourth-order valence-corrected chi connectivity index (χ4v) is 2.92. The van der Waals surface area contributed by atoms with E-state index in [1.807, 2.05) is 37.3 Å². The molecule has 1 atom stereocenters. The van der Waals surface area contributed by atoms with Crippen LogP contribution in [0.2, 0.25) is 0 Å². The van der Waals surface area contributed by atoms with Crippen LogP contribution in [-0.4, -0.2) is 18.5 Å². The van der Waals surface area contributed by atoms with E-state index in [1.165, 1.54) is 12.1 Å². The molecule has 1 aliphatic rings. The smallest absolute Gasteiger partial charge is 0.229 e. The third-order valence-electron chi connectivity index (χ3n) is 4.02. The molecule has 3 rings (SSSR count). The molecule has 1 unspecified atom stereocenters. The fourth-order valence-electron chi connectivity index (χ4n) is 2.92. The number of hydrogen-bond acceptors (Lipinski definition) is 3. The fraction of sp³-hybridized carbons (Fsp3) is 0.250. The third-order valence-corrected chi connectivity index (χ3v) is 4.02. The Balaban J connectivity index is 0.00000243. The van der Waals surface area contributed by atoms with Gasteiger partial charge in [0.25, 0.3) is 0 Å². The molecule has 2 aromatic carbocycles. The van der Waals surface area contributed by atoms with E-state index in [2.05, 4.69) is 11.9 Å². The summed E-state index contributed by atoms with van der Waals surface area (Å²) in [6, 6.07) is 13.8. The molecule has 0 bridgehead atoms.